The molecular weight excluding hydrogens is 212 g/mol. The third-order valence-corrected chi connectivity index (χ3v) is 3.25. The highest BCUT2D eigenvalue weighted by molar-refractivity contribution is 5.63. The Morgan fingerprint density at radius 2 is 2.29 bits per heavy atom. The van der Waals surface area contributed by atoms with Gasteiger partial charge in [-0.1, -0.05) is 6.07 Å². The maximum atomic E-state index is 5.38. The standard InChI is InChI=1S/C14H22N2O/c1-3-17-10-9-16(2)13-7-6-12-5-4-8-15-14(12)11-13/h6-7,11,15H,3-5,8-10H2,1-2H3. The summed E-state index contributed by atoms with van der Waals surface area (Å²) in [6, 6.07) is 6.70. The van der Waals surface area contributed by atoms with Crippen molar-refractivity contribution >= 4 is 11.4 Å². The number of nitrogens with one attached hydrogen (secondary N) is 1. The van der Waals surface area contributed by atoms with Crippen LogP contribution in [0.4, 0.5) is 11.4 Å². The van der Waals surface area contributed by atoms with Crippen LogP contribution in [0.2, 0.25) is 0 Å². The van der Waals surface area contributed by atoms with E-state index in [1.54, 1.807) is 0 Å². The third kappa shape index (κ3) is 3.13. The molecule has 0 radical (unpaired) electrons. The van der Waals surface area contributed by atoms with Gasteiger partial charge in [0.25, 0.3) is 0 Å². The van der Waals surface area contributed by atoms with Crippen molar-refractivity contribution in [1.29, 1.82) is 0 Å². The van der Waals surface area contributed by atoms with Gasteiger partial charge in [-0.3, -0.25) is 0 Å². The Morgan fingerprint density at radius 3 is 3.12 bits per heavy atom. The van der Waals surface area contributed by atoms with Crippen molar-refractivity contribution in [3.05, 3.63) is 23.8 Å². The molecule has 0 bridgehead atoms. The normalized spacial score (nSPS) is 14.0. The molecule has 3 heteroatoms. The van der Waals surface area contributed by atoms with Crippen molar-refractivity contribution in [3.8, 4) is 0 Å². The Kier molecular flexibility index (Phi) is 4.26. The summed E-state index contributed by atoms with van der Waals surface area (Å²) in [6.07, 6.45) is 2.44. The zero-order chi connectivity index (χ0) is 12.1. The predicted molar refractivity (Wildman–Crippen MR) is 73.0 cm³/mol. The van der Waals surface area contributed by atoms with Crippen LogP contribution in [0.15, 0.2) is 18.2 Å². The number of benzene rings is 1. The van der Waals surface area contributed by atoms with Crippen molar-refractivity contribution in [2.45, 2.75) is 19.8 Å². The third-order valence-electron chi connectivity index (χ3n) is 3.25. The van der Waals surface area contributed by atoms with E-state index in [9.17, 15) is 0 Å². The number of aryl methyl sites for hydroxylation is 1. The lowest BCUT2D eigenvalue weighted by Gasteiger charge is -2.23. The molecule has 17 heavy (non-hydrogen) atoms. The number of anilines is 2. The van der Waals surface area contributed by atoms with E-state index in [0.717, 1.165) is 26.3 Å². The van der Waals surface area contributed by atoms with Gasteiger partial charge in [0.05, 0.1) is 6.61 Å². The smallest absolute Gasteiger partial charge is 0.0641 e. The Labute approximate surface area is 104 Å². The summed E-state index contributed by atoms with van der Waals surface area (Å²) in [6.45, 7) is 5.64. The number of nitrogens with zero attached hydrogens (tertiary/aromatic N) is 1. The van der Waals surface area contributed by atoms with Gasteiger partial charge in [0, 0.05) is 38.1 Å². The van der Waals surface area contributed by atoms with Crippen LogP contribution in [0.1, 0.15) is 18.9 Å². The second-order valence-electron chi connectivity index (χ2n) is 4.49. The molecule has 3 nitrogen and oxygen atoms in total. The van der Waals surface area contributed by atoms with E-state index in [0.29, 0.717) is 0 Å². The van der Waals surface area contributed by atoms with Gasteiger partial charge in [0.1, 0.15) is 0 Å². The molecule has 0 fully saturated rings. The monoisotopic (exact) mass is 234 g/mol. The van der Waals surface area contributed by atoms with Crippen LogP contribution in [0.3, 0.4) is 0 Å². The minimum Gasteiger partial charge on any atom is -0.385 e. The van der Waals surface area contributed by atoms with Crippen LogP contribution in [0.5, 0.6) is 0 Å². The number of hydrogen-bond acceptors (Lipinski definition) is 3. The van der Waals surface area contributed by atoms with Gasteiger partial charge in [-0.15, -0.1) is 0 Å². The van der Waals surface area contributed by atoms with Gasteiger partial charge in [0.15, 0.2) is 0 Å². The van der Waals surface area contributed by atoms with Gasteiger partial charge in [-0.05, 0) is 37.5 Å². The minimum absolute atomic E-state index is 0.789. The van der Waals surface area contributed by atoms with E-state index in [1.165, 1.54) is 29.8 Å². The molecule has 0 saturated carbocycles. The quantitative estimate of drug-likeness (QED) is 0.792. The SMILES string of the molecule is CCOCCN(C)c1ccc2c(c1)NCCC2. The fourth-order valence-electron chi connectivity index (χ4n) is 2.16. The highest BCUT2D eigenvalue weighted by Crippen LogP contribution is 2.26. The molecule has 0 aromatic heterocycles. The van der Waals surface area contributed by atoms with Crippen LogP contribution in [-0.4, -0.2) is 33.4 Å². The van der Waals surface area contributed by atoms with E-state index in [1.807, 2.05) is 6.92 Å². The van der Waals surface area contributed by atoms with Crippen molar-refractivity contribution in [2.24, 2.45) is 0 Å². The summed E-state index contributed by atoms with van der Waals surface area (Å²) in [5.74, 6) is 0. The molecule has 0 amide bonds. The summed E-state index contributed by atoms with van der Waals surface area (Å²) in [4.78, 5) is 2.24. The minimum atomic E-state index is 0.789. The first-order valence-corrected chi connectivity index (χ1v) is 6.47. The van der Waals surface area contributed by atoms with E-state index in [2.05, 4.69) is 35.5 Å². The van der Waals surface area contributed by atoms with E-state index >= 15 is 0 Å². The molecular formula is C14H22N2O. The summed E-state index contributed by atoms with van der Waals surface area (Å²) < 4.78 is 5.38. The lowest BCUT2D eigenvalue weighted by Crippen LogP contribution is -2.23. The van der Waals surface area contributed by atoms with Crippen molar-refractivity contribution in [2.75, 3.05) is 43.6 Å². The molecule has 0 spiro atoms. The molecule has 2 rings (SSSR count). The molecule has 0 atom stereocenters. The summed E-state index contributed by atoms with van der Waals surface area (Å²) in [5.41, 5.74) is 4.01. The van der Waals surface area contributed by atoms with Gasteiger partial charge in [-0.2, -0.15) is 0 Å². The molecule has 0 aliphatic carbocycles. The number of rotatable bonds is 5. The zero-order valence-electron chi connectivity index (χ0n) is 10.8. The maximum absolute atomic E-state index is 5.38. The number of likely N-dealkylation sites (N-methyl/N-ethyl adjacent to an activating group) is 1. The summed E-state index contributed by atoms with van der Waals surface area (Å²) in [5, 5.41) is 3.47. The van der Waals surface area contributed by atoms with Crippen molar-refractivity contribution in [1.82, 2.24) is 0 Å². The Morgan fingerprint density at radius 1 is 1.41 bits per heavy atom. The highest BCUT2D eigenvalue weighted by Gasteiger charge is 2.10. The first kappa shape index (κ1) is 12.2. The Balaban J connectivity index is 2.00. The van der Waals surface area contributed by atoms with Crippen LogP contribution in [-0.2, 0) is 11.2 Å². The molecule has 1 aliphatic heterocycles. The van der Waals surface area contributed by atoms with Crippen molar-refractivity contribution < 1.29 is 4.74 Å². The van der Waals surface area contributed by atoms with E-state index < -0.39 is 0 Å². The van der Waals surface area contributed by atoms with Gasteiger partial charge in [-0.25, -0.2) is 0 Å². The molecule has 1 N–H and O–H groups in total. The van der Waals surface area contributed by atoms with Gasteiger partial charge >= 0.3 is 0 Å². The van der Waals surface area contributed by atoms with Crippen molar-refractivity contribution in [3.63, 3.8) is 0 Å². The van der Waals surface area contributed by atoms with Crippen LogP contribution >= 0.6 is 0 Å². The first-order valence-electron chi connectivity index (χ1n) is 6.47. The van der Waals surface area contributed by atoms with E-state index in [4.69, 9.17) is 4.74 Å². The zero-order valence-corrected chi connectivity index (χ0v) is 10.8. The lowest BCUT2D eigenvalue weighted by molar-refractivity contribution is 0.154. The second kappa shape index (κ2) is 5.92. The predicted octanol–water partition coefficient (Wildman–Crippen LogP) is 2.52. The summed E-state index contributed by atoms with van der Waals surface area (Å²) >= 11 is 0. The Bertz CT molecular complexity index is 365. The van der Waals surface area contributed by atoms with Crippen LogP contribution in [0.25, 0.3) is 0 Å². The molecule has 0 unspecified atom stereocenters. The van der Waals surface area contributed by atoms with Gasteiger partial charge < -0.3 is 15.0 Å². The average molecular weight is 234 g/mol. The molecule has 1 aromatic rings. The van der Waals surface area contributed by atoms with Crippen LogP contribution < -0.4 is 10.2 Å². The molecule has 0 saturated heterocycles. The molecule has 1 aliphatic rings. The van der Waals surface area contributed by atoms with Crippen LogP contribution in [0, 0.1) is 0 Å². The largest absolute Gasteiger partial charge is 0.385 e. The molecule has 1 heterocycles. The maximum Gasteiger partial charge on any atom is 0.0641 e. The molecule has 94 valence electrons. The molecule has 1 aromatic carbocycles. The number of ether oxygens (including phenoxy) is 1. The fourth-order valence-corrected chi connectivity index (χ4v) is 2.16. The summed E-state index contributed by atoms with van der Waals surface area (Å²) in [7, 11) is 2.11. The number of hydrogen-bond donors (Lipinski definition) is 1. The number of fused-ring (bicyclic) bond motifs is 1. The Hall–Kier alpha value is -1.22. The average Bonchev–Trinajstić information content (AvgIpc) is 2.38. The first-order chi connectivity index (χ1) is 8.31. The van der Waals surface area contributed by atoms with E-state index in [-0.39, 0.29) is 0 Å². The topological polar surface area (TPSA) is 24.5 Å². The fraction of sp³-hybridized carbons (Fsp3) is 0.571. The lowest BCUT2D eigenvalue weighted by atomic mass is 10.0. The van der Waals surface area contributed by atoms with Gasteiger partial charge in [0.2, 0.25) is 0 Å². The highest BCUT2D eigenvalue weighted by atomic mass is 16.5. The second-order valence-corrected chi connectivity index (χ2v) is 4.49.